The van der Waals surface area contributed by atoms with Crippen molar-refractivity contribution in [3.05, 3.63) is 135 Å². The van der Waals surface area contributed by atoms with E-state index in [1.54, 1.807) is 35.9 Å². The molecule has 48 heavy (non-hydrogen) atoms. The summed E-state index contributed by atoms with van der Waals surface area (Å²) >= 11 is 0. The minimum absolute atomic E-state index is 0.0492. The molecule has 2 aliphatic heterocycles. The lowest BCUT2D eigenvalue weighted by Gasteiger charge is -2.43. The fourth-order valence-electron chi connectivity index (χ4n) is 6.94. The molecule has 0 spiro atoms. The summed E-state index contributed by atoms with van der Waals surface area (Å²) in [6.45, 7) is 4.78. The molecule has 1 unspecified atom stereocenters. The maximum atomic E-state index is 13.5. The van der Waals surface area contributed by atoms with Gasteiger partial charge in [0.1, 0.15) is 6.61 Å². The van der Waals surface area contributed by atoms with Crippen LogP contribution in [0.25, 0.3) is 0 Å². The van der Waals surface area contributed by atoms with Crippen molar-refractivity contribution in [2.45, 2.75) is 43.9 Å². The van der Waals surface area contributed by atoms with Gasteiger partial charge in [0.2, 0.25) is 6.41 Å². The number of ether oxygens (including phenoxy) is 1. The third-order valence-corrected chi connectivity index (χ3v) is 9.63. The number of benzene rings is 3. The molecule has 0 aliphatic carbocycles. The standard InChI is InChI=1S/C38H41N5O5/c1-29-35(37(45)48-26-9-21-39)36(30-15-17-33(18-16-30)43(46)47)34(27-40(29)2)42(28-44)23-10-22-41-24-19-38(20-25-41,31-11-5-3-6-12-31)32-13-7-4-8-14-32/h3-8,11-18,27-28,36H,9-10,19-20,22-26H2,1-2H3. The Labute approximate surface area is 281 Å². The van der Waals surface area contributed by atoms with Crippen molar-refractivity contribution in [1.82, 2.24) is 14.7 Å². The Morgan fingerprint density at radius 1 is 1.04 bits per heavy atom. The highest BCUT2D eigenvalue weighted by molar-refractivity contribution is 5.92. The summed E-state index contributed by atoms with van der Waals surface area (Å²) in [5, 5.41) is 20.3. The summed E-state index contributed by atoms with van der Waals surface area (Å²) in [6.07, 6.45) is 5.34. The van der Waals surface area contributed by atoms with Gasteiger partial charge in [0.05, 0.1) is 28.9 Å². The van der Waals surface area contributed by atoms with E-state index < -0.39 is 16.8 Å². The number of non-ortho nitro benzene ring substituents is 1. The second kappa shape index (κ2) is 15.5. The molecular formula is C38H41N5O5. The first kappa shape index (κ1) is 34.1. The van der Waals surface area contributed by atoms with Crippen LogP contribution in [0.1, 0.15) is 55.2 Å². The SMILES string of the molecule is CC1=C(C(=O)OCCC#N)C(c2ccc([N+](=O)[O-])cc2)C(N(C=O)CCCN2CCC(c3ccccc3)(c3ccccc3)CC2)=CN1C. The molecule has 10 nitrogen and oxygen atoms in total. The Balaban J connectivity index is 1.32. The number of hydrogen-bond donors (Lipinski definition) is 0. The molecule has 1 amide bonds. The zero-order chi connectivity index (χ0) is 34.1. The number of esters is 1. The Bertz CT molecular complexity index is 1650. The van der Waals surface area contributed by atoms with E-state index in [1.807, 2.05) is 12.3 Å². The number of nitriles is 1. The van der Waals surface area contributed by atoms with Crippen LogP contribution in [-0.2, 0) is 19.7 Å². The van der Waals surface area contributed by atoms with Crippen LogP contribution in [0.3, 0.4) is 0 Å². The van der Waals surface area contributed by atoms with Crippen LogP contribution in [0.2, 0.25) is 0 Å². The molecule has 248 valence electrons. The van der Waals surface area contributed by atoms with Gasteiger partial charge in [-0.05, 0) is 62.5 Å². The van der Waals surface area contributed by atoms with Crippen molar-refractivity contribution < 1.29 is 19.2 Å². The normalized spacial score (nSPS) is 17.6. The molecule has 10 heteroatoms. The van der Waals surface area contributed by atoms with Gasteiger partial charge in [0.25, 0.3) is 5.69 Å². The van der Waals surface area contributed by atoms with Crippen LogP contribution in [0.4, 0.5) is 5.69 Å². The first-order valence-corrected chi connectivity index (χ1v) is 16.3. The van der Waals surface area contributed by atoms with Crippen LogP contribution in [0, 0.1) is 21.4 Å². The highest BCUT2D eigenvalue weighted by atomic mass is 16.6. The summed E-state index contributed by atoms with van der Waals surface area (Å²) in [4.78, 5) is 42.9. The quantitative estimate of drug-likeness (QED) is 0.0715. The van der Waals surface area contributed by atoms with Crippen LogP contribution in [-0.4, -0.2) is 71.8 Å². The minimum atomic E-state index is -0.700. The molecule has 3 aromatic rings. The molecule has 1 fully saturated rings. The summed E-state index contributed by atoms with van der Waals surface area (Å²) in [5.41, 5.74) is 4.68. The number of nitro benzene ring substituents is 1. The highest BCUT2D eigenvalue weighted by Gasteiger charge is 2.38. The van der Waals surface area contributed by atoms with E-state index in [-0.39, 0.29) is 24.1 Å². The Morgan fingerprint density at radius 2 is 1.65 bits per heavy atom. The number of piperidine rings is 1. The number of hydrogen-bond acceptors (Lipinski definition) is 8. The van der Waals surface area contributed by atoms with E-state index in [9.17, 15) is 19.7 Å². The number of allylic oxidation sites excluding steroid dienone is 2. The Hall–Kier alpha value is -5.27. The number of carbonyl (C=O) groups excluding carboxylic acids is 2. The van der Waals surface area contributed by atoms with Crippen LogP contribution < -0.4 is 0 Å². The molecule has 2 aliphatic rings. The van der Waals surface area contributed by atoms with E-state index in [4.69, 9.17) is 10.00 Å². The lowest BCUT2D eigenvalue weighted by molar-refractivity contribution is -0.384. The molecule has 2 heterocycles. The summed E-state index contributed by atoms with van der Waals surface area (Å²) in [7, 11) is 1.80. The summed E-state index contributed by atoms with van der Waals surface area (Å²) < 4.78 is 5.46. The van der Waals surface area contributed by atoms with E-state index in [0.717, 1.165) is 38.9 Å². The number of rotatable bonds is 13. The monoisotopic (exact) mass is 647 g/mol. The van der Waals surface area contributed by atoms with Crippen molar-refractivity contribution in [1.29, 1.82) is 5.26 Å². The van der Waals surface area contributed by atoms with Crippen LogP contribution in [0.15, 0.2) is 108 Å². The lowest BCUT2D eigenvalue weighted by Crippen LogP contribution is -2.44. The first-order chi connectivity index (χ1) is 23.3. The minimum Gasteiger partial charge on any atom is -0.461 e. The molecule has 3 aromatic carbocycles. The first-order valence-electron chi connectivity index (χ1n) is 16.3. The second-order valence-corrected chi connectivity index (χ2v) is 12.3. The summed E-state index contributed by atoms with van der Waals surface area (Å²) in [5.74, 6) is -1.29. The van der Waals surface area contributed by atoms with Crippen molar-refractivity contribution in [3.63, 3.8) is 0 Å². The van der Waals surface area contributed by atoms with E-state index in [1.165, 1.54) is 23.3 Å². The predicted molar refractivity (Wildman–Crippen MR) is 182 cm³/mol. The average molecular weight is 648 g/mol. The largest absolute Gasteiger partial charge is 0.461 e. The van der Waals surface area contributed by atoms with Crippen molar-refractivity contribution in [3.8, 4) is 6.07 Å². The van der Waals surface area contributed by atoms with E-state index >= 15 is 0 Å². The Morgan fingerprint density at radius 3 is 2.19 bits per heavy atom. The van der Waals surface area contributed by atoms with Gasteiger partial charge in [-0.2, -0.15) is 5.26 Å². The molecule has 0 bridgehead atoms. The zero-order valence-corrected chi connectivity index (χ0v) is 27.5. The molecular weight excluding hydrogens is 606 g/mol. The van der Waals surface area contributed by atoms with E-state index in [0.29, 0.717) is 35.5 Å². The van der Waals surface area contributed by atoms with Gasteiger partial charge in [-0.1, -0.05) is 72.8 Å². The highest BCUT2D eigenvalue weighted by Crippen LogP contribution is 2.43. The summed E-state index contributed by atoms with van der Waals surface area (Å²) in [6, 6.07) is 29.4. The van der Waals surface area contributed by atoms with Crippen LogP contribution >= 0.6 is 0 Å². The topological polar surface area (TPSA) is 120 Å². The molecule has 0 saturated carbocycles. The number of amides is 1. The van der Waals surface area contributed by atoms with Gasteiger partial charge in [-0.3, -0.25) is 14.9 Å². The maximum Gasteiger partial charge on any atom is 0.336 e. The fraction of sp³-hybridized carbons (Fsp3) is 0.342. The second-order valence-electron chi connectivity index (χ2n) is 12.3. The molecule has 0 radical (unpaired) electrons. The van der Waals surface area contributed by atoms with Gasteiger partial charge in [0, 0.05) is 48.7 Å². The lowest BCUT2D eigenvalue weighted by atomic mass is 9.68. The van der Waals surface area contributed by atoms with Crippen molar-refractivity contribution in [2.24, 2.45) is 0 Å². The van der Waals surface area contributed by atoms with Gasteiger partial charge < -0.3 is 19.4 Å². The number of nitro groups is 1. The molecule has 1 atom stereocenters. The zero-order valence-electron chi connectivity index (χ0n) is 27.5. The smallest absolute Gasteiger partial charge is 0.336 e. The average Bonchev–Trinajstić information content (AvgIpc) is 3.12. The van der Waals surface area contributed by atoms with E-state index in [2.05, 4.69) is 65.6 Å². The fourth-order valence-corrected chi connectivity index (χ4v) is 6.94. The third-order valence-electron chi connectivity index (χ3n) is 9.63. The van der Waals surface area contributed by atoms with Gasteiger partial charge in [0.15, 0.2) is 0 Å². The van der Waals surface area contributed by atoms with Gasteiger partial charge in [-0.25, -0.2) is 4.79 Å². The third kappa shape index (κ3) is 7.32. The van der Waals surface area contributed by atoms with Crippen molar-refractivity contribution >= 4 is 18.1 Å². The number of carbonyl (C=O) groups is 2. The molecule has 0 aromatic heterocycles. The molecule has 1 saturated heterocycles. The molecule has 0 N–H and O–H groups in total. The van der Waals surface area contributed by atoms with Gasteiger partial charge in [-0.15, -0.1) is 0 Å². The molecule has 5 rings (SSSR count). The number of nitrogens with zero attached hydrogens (tertiary/aromatic N) is 5. The van der Waals surface area contributed by atoms with Crippen LogP contribution in [0.5, 0.6) is 0 Å². The predicted octanol–water partition coefficient (Wildman–Crippen LogP) is 6.13. The van der Waals surface area contributed by atoms with Crippen molar-refractivity contribution in [2.75, 3.05) is 39.8 Å². The number of likely N-dealkylation sites (tertiary alicyclic amines) is 1. The maximum absolute atomic E-state index is 13.5. The van der Waals surface area contributed by atoms with Gasteiger partial charge >= 0.3 is 5.97 Å². The Kier molecular flexibility index (Phi) is 11.0.